The second-order valence-corrected chi connectivity index (χ2v) is 5.50. The van der Waals surface area contributed by atoms with Crippen LogP contribution in [0.5, 0.6) is 0 Å². The standard InChI is InChI=1S/C19H13F2N3/c20-15-7-8-18(17(21)10-15)24-12-14-4-1-2-6-16(14)19(23-24)13-5-3-9-22-11-13/h1-11H,12H2. The van der Waals surface area contributed by atoms with Gasteiger partial charge in [0.25, 0.3) is 0 Å². The highest BCUT2D eigenvalue weighted by Crippen LogP contribution is 2.29. The highest BCUT2D eigenvalue weighted by Gasteiger charge is 2.22. The molecule has 2 heterocycles. The van der Waals surface area contributed by atoms with E-state index in [0.29, 0.717) is 12.3 Å². The maximum absolute atomic E-state index is 14.2. The Balaban J connectivity index is 1.86. The first kappa shape index (κ1) is 14.5. The Kier molecular flexibility index (Phi) is 3.54. The number of hydrazone groups is 1. The molecule has 0 bridgehead atoms. The minimum atomic E-state index is -0.635. The molecule has 4 rings (SSSR count). The molecule has 0 fully saturated rings. The maximum atomic E-state index is 14.2. The van der Waals surface area contributed by atoms with E-state index in [1.807, 2.05) is 36.4 Å². The van der Waals surface area contributed by atoms with E-state index in [0.717, 1.165) is 22.8 Å². The van der Waals surface area contributed by atoms with Gasteiger partial charge >= 0.3 is 0 Å². The Morgan fingerprint density at radius 1 is 0.958 bits per heavy atom. The SMILES string of the molecule is Fc1ccc(N2Cc3ccccc3C(c3cccnc3)=N2)c(F)c1. The summed E-state index contributed by atoms with van der Waals surface area (Å²) in [5, 5.41) is 6.16. The van der Waals surface area contributed by atoms with Crippen molar-refractivity contribution in [3.8, 4) is 0 Å². The molecular formula is C19H13F2N3. The number of halogens is 2. The average Bonchev–Trinajstić information content (AvgIpc) is 2.61. The number of aromatic nitrogens is 1. The van der Waals surface area contributed by atoms with Crippen molar-refractivity contribution in [2.45, 2.75) is 6.54 Å². The van der Waals surface area contributed by atoms with Gasteiger partial charge in [0, 0.05) is 29.6 Å². The topological polar surface area (TPSA) is 28.5 Å². The van der Waals surface area contributed by atoms with Crippen molar-refractivity contribution in [1.29, 1.82) is 0 Å². The highest BCUT2D eigenvalue weighted by molar-refractivity contribution is 6.14. The number of hydrogen-bond acceptors (Lipinski definition) is 3. The summed E-state index contributed by atoms with van der Waals surface area (Å²) in [5.74, 6) is -1.24. The molecule has 0 saturated carbocycles. The van der Waals surface area contributed by atoms with E-state index in [2.05, 4.69) is 10.1 Å². The van der Waals surface area contributed by atoms with Gasteiger partial charge in [-0.15, -0.1) is 0 Å². The highest BCUT2D eigenvalue weighted by atomic mass is 19.1. The van der Waals surface area contributed by atoms with Gasteiger partial charge in [0.15, 0.2) is 5.82 Å². The van der Waals surface area contributed by atoms with Crippen LogP contribution in [0.15, 0.2) is 72.1 Å². The fourth-order valence-electron chi connectivity index (χ4n) is 2.81. The quantitative estimate of drug-likeness (QED) is 0.710. The first-order valence-corrected chi connectivity index (χ1v) is 7.52. The molecule has 0 aliphatic carbocycles. The van der Waals surface area contributed by atoms with Crippen LogP contribution in [-0.4, -0.2) is 10.7 Å². The van der Waals surface area contributed by atoms with E-state index in [-0.39, 0.29) is 5.69 Å². The zero-order chi connectivity index (χ0) is 16.5. The second-order valence-electron chi connectivity index (χ2n) is 5.50. The van der Waals surface area contributed by atoms with E-state index in [4.69, 9.17) is 0 Å². The molecule has 2 aromatic carbocycles. The van der Waals surface area contributed by atoms with E-state index in [9.17, 15) is 8.78 Å². The summed E-state index contributed by atoms with van der Waals surface area (Å²) in [6.45, 7) is 0.419. The Hall–Kier alpha value is -3.08. The molecule has 0 amide bonds. The lowest BCUT2D eigenvalue weighted by atomic mass is 9.97. The maximum Gasteiger partial charge on any atom is 0.151 e. The number of hydrogen-bond donors (Lipinski definition) is 0. The predicted molar refractivity (Wildman–Crippen MR) is 88.9 cm³/mol. The molecule has 3 aromatic rings. The molecule has 0 atom stereocenters. The van der Waals surface area contributed by atoms with Crippen LogP contribution >= 0.6 is 0 Å². The van der Waals surface area contributed by atoms with Crippen molar-refractivity contribution in [1.82, 2.24) is 4.98 Å². The van der Waals surface area contributed by atoms with E-state index in [1.165, 1.54) is 12.1 Å². The third-order valence-corrected chi connectivity index (χ3v) is 3.94. The Morgan fingerprint density at radius 2 is 1.83 bits per heavy atom. The van der Waals surface area contributed by atoms with Gasteiger partial charge in [-0.2, -0.15) is 5.10 Å². The van der Waals surface area contributed by atoms with Gasteiger partial charge in [-0.25, -0.2) is 8.78 Å². The van der Waals surface area contributed by atoms with Crippen molar-refractivity contribution in [3.63, 3.8) is 0 Å². The Bertz CT molecular complexity index is 923. The van der Waals surface area contributed by atoms with Gasteiger partial charge in [-0.3, -0.25) is 9.99 Å². The molecule has 5 heteroatoms. The lowest BCUT2D eigenvalue weighted by Crippen LogP contribution is -2.27. The Morgan fingerprint density at radius 3 is 2.62 bits per heavy atom. The monoisotopic (exact) mass is 321 g/mol. The van der Waals surface area contributed by atoms with Crippen LogP contribution in [0, 0.1) is 11.6 Å². The van der Waals surface area contributed by atoms with Gasteiger partial charge in [-0.1, -0.05) is 24.3 Å². The van der Waals surface area contributed by atoms with E-state index in [1.54, 1.807) is 17.4 Å². The molecule has 0 saturated heterocycles. The molecule has 1 aromatic heterocycles. The van der Waals surface area contributed by atoms with Gasteiger partial charge in [0.2, 0.25) is 0 Å². The van der Waals surface area contributed by atoms with Crippen LogP contribution in [0.1, 0.15) is 16.7 Å². The van der Waals surface area contributed by atoms with Crippen LogP contribution in [-0.2, 0) is 6.54 Å². The van der Waals surface area contributed by atoms with Gasteiger partial charge in [0.1, 0.15) is 5.82 Å². The lowest BCUT2D eigenvalue weighted by molar-refractivity contribution is 0.578. The molecule has 118 valence electrons. The predicted octanol–water partition coefficient (Wildman–Crippen LogP) is 4.13. The minimum absolute atomic E-state index is 0.243. The second kappa shape index (κ2) is 5.85. The Labute approximate surface area is 137 Å². The van der Waals surface area contributed by atoms with Gasteiger partial charge in [0.05, 0.1) is 17.9 Å². The smallest absolute Gasteiger partial charge is 0.151 e. The fourth-order valence-corrected chi connectivity index (χ4v) is 2.81. The number of rotatable bonds is 2. The zero-order valence-corrected chi connectivity index (χ0v) is 12.7. The third kappa shape index (κ3) is 2.54. The normalized spacial score (nSPS) is 13.4. The van der Waals surface area contributed by atoms with Crippen LogP contribution in [0.25, 0.3) is 0 Å². The average molecular weight is 321 g/mol. The summed E-state index contributed by atoms with van der Waals surface area (Å²) in [6.07, 6.45) is 3.41. The third-order valence-electron chi connectivity index (χ3n) is 3.94. The lowest BCUT2D eigenvalue weighted by Gasteiger charge is -2.27. The van der Waals surface area contributed by atoms with Crippen LogP contribution in [0.2, 0.25) is 0 Å². The molecule has 24 heavy (non-hydrogen) atoms. The number of anilines is 1. The molecule has 1 aliphatic heterocycles. The summed E-state index contributed by atoms with van der Waals surface area (Å²) in [4.78, 5) is 4.14. The fraction of sp³-hybridized carbons (Fsp3) is 0.0526. The number of pyridine rings is 1. The number of nitrogens with zero attached hydrogens (tertiary/aromatic N) is 3. The van der Waals surface area contributed by atoms with Crippen LogP contribution in [0.4, 0.5) is 14.5 Å². The van der Waals surface area contributed by atoms with Crippen LogP contribution < -0.4 is 5.01 Å². The number of fused-ring (bicyclic) bond motifs is 1. The van der Waals surface area contributed by atoms with E-state index >= 15 is 0 Å². The van der Waals surface area contributed by atoms with E-state index < -0.39 is 11.6 Å². The number of benzene rings is 2. The molecular weight excluding hydrogens is 308 g/mol. The summed E-state index contributed by atoms with van der Waals surface area (Å²) < 4.78 is 27.4. The largest absolute Gasteiger partial charge is 0.264 e. The molecule has 1 aliphatic rings. The van der Waals surface area contributed by atoms with Crippen molar-refractivity contribution in [3.05, 3.63) is 95.3 Å². The molecule has 0 spiro atoms. The van der Waals surface area contributed by atoms with Crippen molar-refractivity contribution in [2.75, 3.05) is 5.01 Å². The van der Waals surface area contributed by atoms with Crippen molar-refractivity contribution in [2.24, 2.45) is 5.10 Å². The van der Waals surface area contributed by atoms with Crippen molar-refractivity contribution >= 4 is 11.4 Å². The van der Waals surface area contributed by atoms with Gasteiger partial charge in [-0.05, 0) is 29.8 Å². The molecule has 0 unspecified atom stereocenters. The zero-order valence-electron chi connectivity index (χ0n) is 12.7. The van der Waals surface area contributed by atoms with Crippen molar-refractivity contribution < 1.29 is 8.78 Å². The summed E-state index contributed by atoms with van der Waals surface area (Å²) in [6, 6.07) is 15.1. The molecule has 0 radical (unpaired) electrons. The summed E-state index contributed by atoms with van der Waals surface area (Å²) >= 11 is 0. The van der Waals surface area contributed by atoms with Gasteiger partial charge < -0.3 is 0 Å². The molecule has 0 N–H and O–H groups in total. The van der Waals surface area contributed by atoms with Crippen LogP contribution in [0.3, 0.4) is 0 Å². The summed E-state index contributed by atoms with van der Waals surface area (Å²) in [7, 11) is 0. The first-order chi connectivity index (χ1) is 11.7. The summed E-state index contributed by atoms with van der Waals surface area (Å²) in [5.41, 5.74) is 3.82. The molecule has 3 nitrogen and oxygen atoms in total. The minimum Gasteiger partial charge on any atom is -0.264 e. The first-order valence-electron chi connectivity index (χ1n) is 7.52.